The molecule has 5 heteroatoms. The molecule has 0 N–H and O–H groups in total. The van der Waals surface area contributed by atoms with Gasteiger partial charge in [-0.05, 0) is 87.7 Å². The van der Waals surface area contributed by atoms with E-state index in [2.05, 4.69) is 145 Å². The molecule has 4 aliphatic rings. The van der Waals surface area contributed by atoms with Crippen molar-refractivity contribution in [3.63, 3.8) is 0 Å². The Kier molecular flexibility index (Phi) is 7.85. The Labute approximate surface area is 312 Å². The van der Waals surface area contributed by atoms with E-state index in [1.807, 2.05) is 0 Å². The van der Waals surface area contributed by atoms with Gasteiger partial charge in [0.05, 0.1) is 26.4 Å². The van der Waals surface area contributed by atoms with Crippen molar-refractivity contribution in [3.8, 4) is 16.9 Å². The van der Waals surface area contributed by atoms with E-state index in [-0.39, 0.29) is 5.41 Å². The van der Waals surface area contributed by atoms with Crippen molar-refractivity contribution in [2.75, 3.05) is 62.4 Å². The van der Waals surface area contributed by atoms with Crippen molar-refractivity contribution in [2.45, 2.75) is 37.7 Å². The van der Waals surface area contributed by atoms with Crippen molar-refractivity contribution in [1.82, 2.24) is 0 Å². The first kappa shape index (κ1) is 32.5. The van der Waals surface area contributed by atoms with Crippen LogP contribution in [0.2, 0.25) is 0 Å². The minimum atomic E-state index is -0.844. The zero-order valence-electron chi connectivity index (χ0n) is 30.7. The van der Waals surface area contributed by atoms with Gasteiger partial charge in [-0.3, -0.25) is 0 Å². The van der Waals surface area contributed by atoms with E-state index in [1.165, 1.54) is 60.7 Å². The molecular weight excluding hydrogens is 653 g/mol. The van der Waals surface area contributed by atoms with E-state index >= 15 is 0 Å². The van der Waals surface area contributed by atoms with E-state index in [1.54, 1.807) is 0 Å². The number of nitrogens with zero attached hydrogens (tertiary/aromatic N) is 2. The van der Waals surface area contributed by atoms with Gasteiger partial charge in [0.15, 0.2) is 5.60 Å². The molecule has 6 aromatic carbocycles. The molecule has 1 unspecified atom stereocenters. The molecule has 0 spiro atoms. The highest BCUT2D eigenvalue weighted by atomic mass is 16.5. The van der Waals surface area contributed by atoms with Gasteiger partial charge in [-0.1, -0.05) is 98.8 Å². The standard InChI is InChI=1S/C48H46N2O3/c1-3-47(4-2)43-12-8-7-11-40(43)44-39-20-19-38(50-25-29-52-30-26-50)32-42(39)46-41(45(44)47)21-22-48(53-46,36-14-13-33-9-5-6-10-34(33)31-36)35-15-17-37(18-16-35)49-23-27-51-28-24-49/h5-22,31-32H,3-4,23-30H2,1-2H3. The molecule has 1 aliphatic carbocycles. The molecule has 0 amide bonds. The second kappa shape index (κ2) is 12.8. The Hall–Kier alpha value is -5.10. The lowest BCUT2D eigenvalue weighted by Crippen LogP contribution is -2.37. The van der Waals surface area contributed by atoms with Crippen LogP contribution >= 0.6 is 0 Å². The molecule has 0 radical (unpaired) electrons. The molecule has 5 nitrogen and oxygen atoms in total. The summed E-state index contributed by atoms with van der Waals surface area (Å²) >= 11 is 0. The number of rotatable bonds is 6. The molecule has 3 heterocycles. The van der Waals surface area contributed by atoms with Gasteiger partial charge in [-0.15, -0.1) is 0 Å². The largest absolute Gasteiger partial charge is 0.472 e. The lowest BCUT2D eigenvalue weighted by molar-refractivity contribution is 0.122. The summed E-state index contributed by atoms with van der Waals surface area (Å²) < 4.78 is 19.3. The van der Waals surface area contributed by atoms with Gasteiger partial charge in [0.25, 0.3) is 0 Å². The van der Waals surface area contributed by atoms with Gasteiger partial charge in [-0.2, -0.15) is 0 Å². The molecule has 10 rings (SSSR count). The number of benzene rings is 6. The number of ether oxygens (including phenoxy) is 3. The molecule has 0 bridgehead atoms. The first-order valence-electron chi connectivity index (χ1n) is 19.5. The van der Waals surface area contributed by atoms with Crippen LogP contribution in [0, 0.1) is 0 Å². The molecule has 6 aromatic rings. The highest BCUT2D eigenvalue weighted by Gasteiger charge is 2.47. The normalized spacial score (nSPS) is 20.3. The lowest BCUT2D eigenvalue weighted by atomic mass is 9.71. The lowest BCUT2D eigenvalue weighted by Gasteiger charge is -2.40. The fourth-order valence-electron chi connectivity index (χ4n) is 9.80. The Balaban J connectivity index is 1.23. The highest BCUT2D eigenvalue weighted by Crippen LogP contribution is 2.60. The molecule has 3 aliphatic heterocycles. The van der Waals surface area contributed by atoms with Crippen LogP contribution in [0.1, 0.15) is 54.5 Å². The van der Waals surface area contributed by atoms with Crippen molar-refractivity contribution < 1.29 is 14.2 Å². The molecule has 2 fully saturated rings. The number of anilines is 2. The van der Waals surface area contributed by atoms with Crippen molar-refractivity contribution in [3.05, 3.63) is 143 Å². The smallest absolute Gasteiger partial charge is 0.178 e. The summed E-state index contributed by atoms with van der Waals surface area (Å²) in [5.41, 5.74) is 10.5. The number of hydrogen-bond donors (Lipinski definition) is 0. The third-order valence-electron chi connectivity index (χ3n) is 12.7. The third-order valence-corrected chi connectivity index (χ3v) is 12.7. The maximum absolute atomic E-state index is 7.82. The summed E-state index contributed by atoms with van der Waals surface area (Å²) in [5.74, 6) is 0.973. The predicted octanol–water partition coefficient (Wildman–Crippen LogP) is 10.1. The molecule has 2 saturated heterocycles. The van der Waals surface area contributed by atoms with E-state index in [0.717, 1.165) is 82.3 Å². The van der Waals surface area contributed by atoms with Crippen molar-refractivity contribution in [1.29, 1.82) is 0 Å². The van der Waals surface area contributed by atoms with Crippen molar-refractivity contribution >= 4 is 39.0 Å². The van der Waals surface area contributed by atoms with Gasteiger partial charge in [0.1, 0.15) is 5.75 Å². The first-order chi connectivity index (χ1) is 26.1. The average Bonchev–Trinajstić information content (AvgIpc) is 3.54. The maximum atomic E-state index is 7.82. The molecule has 1 atom stereocenters. The summed E-state index contributed by atoms with van der Waals surface area (Å²) in [5, 5.41) is 4.86. The molecular formula is C48H46N2O3. The Morgan fingerprint density at radius 2 is 1.25 bits per heavy atom. The van der Waals surface area contributed by atoms with Crippen LogP contribution in [-0.4, -0.2) is 52.6 Å². The fourth-order valence-corrected chi connectivity index (χ4v) is 9.80. The number of hydrogen-bond acceptors (Lipinski definition) is 5. The predicted molar refractivity (Wildman–Crippen MR) is 218 cm³/mol. The summed E-state index contributed by atoms with van der Waals surface area (Å²) in [4.78, 5) is 4.87. The summed E-state index contributed by atoms with van der Waals surface area (Å²) in [6, 6.07) is 40.8. The van der Waals surface area contributed by atoms with Gasteiger partial charge < -0.3 is 24.0 Å². The SMILES string of the molecule is CCC1(CC)c2ccccc2-c2c1c1c(c3cc(N4CCOCC4)ccc23)OC(c2ccc(N3CCOCC3)cc2)(c2ccc3ccccc3c2)C=C1. The summed E-state index contributed by atoms with van der Waals surface area (Å²) in [6.07, 6.45) is 6.80. The fraction of sp³-hybridized carbons (Fsp3) is 0.292. The molecule has 0 saturated carbocycles. The van der Waals surface area contributed by atoms with Crippen LogP contribution in [-0.2, 0) is 20.5 Å². The van der Waals surface area contributed by atoms with E-state index < -0.39 is 5.60 Å². The van der Waals surface area contributed by atoms with Crippen molar-refractivity contribution in [2.24, 2.45) is 0 Å². The first-order valence-corrected chi connectivity index (χ1v) is 19.5. The number of morpholine rings is 2. The Morgan fingerprint density at radius 3 is 1.98 bits per heavy atom. The van der Waals surface area contributed by atoms with Gasteiger partial charge in [-0.25, -0.2) is 0 Å². The van der Waals surface area contributed by atoms with Crippen LogP contribution in [0.25, 0.3) is 38.7 Å². The van der Waals surface area contributed by atoms with Gasteiger partial charge in [0, 0.05) is 65.0 Å². The zero-order chi connectivity index (χ0) is 35.6. The minimum Gasteiger partial charge on any atom is -0.472 e. The average molecular weight is 699 g/mol. The second-order valence-corrected chi connectivity index (χ2v) is 15.0. The molecule has 53 heavy (non-hydrogen) atoms. The summed E-state index contributed by atoms with van der Waals surface area (Å²) in [7, 11) is 0. The number of fused-ring (bicyclic) bond motifs is 9. The Morgan fingerprint density at radius 1 is 0.604 bits per heavy atom. The minimum absolute atomic E-state index is 0.108. The van der Waals surface area contributed by atoms with Gasteiger partial charge in [0.2, 0.25) is 0 Å². The monoisotopic (exact) mass is 698 g/mol. The van der Waals surface area contributed by atoms with Crippen LogP contribution in [0.15, 0.2) is 115 Å². The zero-order valence-corrected chi connectivity index (χ0v) is 30.7. The molecule has 0 aromatic heterocycles. The quantitative estimate of drug-likeness (QED) is 0.173. The van der Waals surface area contributed by atoms with Crippen LogP contribution < -0.4 is 14.5 Å². The third kappa shape index (κ3) is 4.97. The van der Waals surface area contributed by atoms with Gasteiger partial charge >= 0.3 is 0 Å². The topological polar surface area (TPSA) is 34.2 Å². The van der Waals surface area contributed by atoms with E-state index in [0.29, 0.717) is 0 Å². The highest BCUT2D eigenvalue weighted by molar-refractivity contribution is 6.09. The van der Waals surface area contributed by atoms with Crippen LogP contribution in [0.4, 0.5) is 11.4 Å². The van der Waals surface area contributed by atoms with E-state index in [4.69, 9.17) is 14.2 Å². The summed E-state index contributed by atoms with van der Waals surface area (Å²) in [6.45, 7) is 11.3. The van der Waals surface area contributed by atoms with Crippen LogP contribution in [0.5, 0.6) is 5.75 Å². The maximum Gasteiger partial charge on any atom is 0.178 e. The van der Waals surface area contributed by atoms with Crippen LogP contribution in [0.3, 0.4) is 0 Å². The van der Waals surface area contributed by atoms with E-state index in [9.17, 15) is 0 Å². The Bertz CT molecular complexity index is 2380. The second-order valence-electron chi connectivity index (χ2n) is 15.0. The molecule has 266 valence electrons.